The average Bonchev–Trinajstić information content (AvgIpc) is 2.68. The van der Waals surface area contributed by atoms with Gasteiger partial charge in [0.2, 0.25) is 0 Å². The second-order valence-electron chi connectivity index (χ2n) is 4.55. The van der Waals surface area contributed by atoms with Crippen molar-refractivity contribution in [3.8, 4) is 0 Å². The van der Waals surface area contributed by atoms with Crippen molar-refractivity contribution in [2.75, 3.05) is 37.8 Å². The van der Waals surface area contributed by atoms with Gasteiger partial charge in [-0.15, -0.1) is 0 Å². The first-order valence-electron chi connectivity index (χ1n) is 5.77. The maximum atomic E-state index is 6.10. The van der Waals surface area contributed by atoms with Gasteiger partial charge in [-0.05, 0) is 26.4 Å². The fourth-order valence-corrected chi connectivity index (χ4v) is 2.49. The van der Waals surface area contributed by atoms with E-state index < -0.39 is 0 Å². The minimum atomic E-state index is 0.336. The molecule has 1 aromatic rings. The fourth-order valence-electron chi connectivity index (χ4n) is 2.25. The van der Waals surface area contributed by atoms with Gasteiger partial charge in [-0.3, -0.25) is 0 Å². The normalized spacial score (nSPS) is 20.8. The van der Waals surface area contributed by atoms with Crippen molar-refractivity contribution in [3.63, 3.8) is 0 Å². The van der Waals surface area contributed by atoms with Crippen LogP contribution in [0.5, 0.6) is 0 Å². The summed E-state index contributed by atoms with van der Waals surface area (Å²) in [6.45, 7) is 2.07. The zero-order valence-corrected chi connectivity index (χ0v) is 11.0. The summed E-state index contributed by atoms with van der Waals surface area (Å²) in [5, 5.41) is 0.440. The van der Waals surface area contributed by atoms with Crippen LogP contribution >= 0.6 is 11.6 Å². The number of nitrogens with two attached hydrogens (primary N) is 1. The summed E-state index contributed by atoms with van der Waals surface area (Å²) in [4.78, 5) is 12.5. The molecular formula is C11H18ClN5. The second kappa shape index (κ2) is 5.06. The Bertz CT molecular complexity index is 397. The third-order valence-electron chi connectivity index (χ3n) is 3.32. The molecule has 1 aromatic heterocycles. The van der Waals surface area contributed by atoms with Gasteiger partial charge in [-0.2, -0.15) is 0 Å². The highest BCUT2D eigenvalue weighted by Gasteiger charge is 2.23. The standard InChI is InChI=1S/C11H18ClN5/c1-16-5-3-4-8(16)6-17(2)11-9(12)10(13)14-7-15-11/h7-8H,3-6H2,1-2H3,(H2,13,14,15). The van der Waals surface area contributed by atoms with Crippen molar-refractivity contribution in [1.29, 1.82) is 0 Å². The molecule has 0 aliphatic carbocycles. The Morgan fingerprint density at radius 3 is 3.00 bits per heavy atom. The zero-order chi connectivity index (χ0) is 12.4. The van der Waals surface area contributed by atoms with Gasteiger partial charge >= 0.3 is 0 Å². The van der Waals surface area contributed by atoms with Gasteiger partial charge in [-0.1, -0.05) is 11.6 Å². The highest BCUT2D eigenvalue weighted by Crippen LogP contribution is 2.27. The second-order valence-corrected chi connectivity index (χ2v) is 4.93. The SMILES string of the molecule is CN(CC1CCCN1C)c1ncnc(N)c1Cl. The van der Waals surface area contributed by atoms with Crippen molar-refractivity contribution >= 4 is 23.2 Å². The summed E-state index contributed by atoms with van der Waals surface area (Å²) in [5.41, 5.74) is 5.67. The van der Waals surface area contributed by atoms with E-state index in [9.17, 15) is 0 Å². The molecule has 1 aliphatic rings. The highest BCUT2D eigenvalue weighted by atomic mass is 35.5. The first-order chi connectivity index (χ1) is 8.09. The maximum Gasteiger partial charge on any atom is 0.152 e. The number of likely N-dealkylation sites (tertiary alicyclic amines) is 1. The Morgan fingerprint density at radius 1 is 1.59 bits per heavy atom. The van der Waals surface area contributed by atoms with Crippen LogP contribution in [0.3, 0.4) is 0 Å². The molecule has 0 aromatic carbocycles. The number of rotatable bonds is 3. The summed E-state index contributed by atoms with van der Waals surface area (Å²) in [7, 11) is 4.14. The van der Waals surface area contributed by atoms with E-state index in [4.69, 9.17) is 17.3 Å². The molecule has 2 rings (SSSR count). The predicted octanol–water partition coefficient (Wildman–Crippen LogP) is 1.24. The van der Waals surface area contributed by atoms with Crippen molar-refractivity contribution in [2.24, 2.45) is 0 Å². The molecule has 94 valence electrons. The lowest BCUT2D eigenvalue weighted by Crippen LogP contribution is -2.37. The summed E-state index contributed by atoms with van der Waals surface area (Å²) in [6, 6.07) is 0.562. The molecule has 0 saturated carbocycles. The number of hydrogen-bond acceptors (Lipinski definition) is 5. The molecule has 1 fully saturated rings. The number of halogens is 1. The number of hydrogen-bond donors (Lipinski definition) is 1. The Balaban J connectivity index is 2.09. The van der Waals surface area contributed by atoms with Gasteiger partial charge in [0, 0.05) is 19.6 Å². The lowest BCUT2D eigenvalue weighted by Gasteiger charge is -2.27. The minimum Gasteiger partial charge on any atom is -0.382 e. The Kier molecular flexibility index (Phi) is 3.69. The van der Waals surface area contributed by atoms with E-state index in [1.54, 1.807) is 0 Å². The average molecular weight is 256 g/mol. The van der Waals surface area contributed by atoms with Crippen molar-refractivity contribution in [2.45, 2.75) is 18.9 Å². The van der Waals surface area contributed by atoms with Gasteiger partial charge in [0.05, 0.1) is 0 Å². The molecule has 0 amide bonds. The highest BCUT2D eigenvalue weighted by molar-refractivity contribution is 6.35. The Hall–Kier alpha value is -1.07. The molecular weight excluding hydrogens is 238 g/mol. The van der Waals surface area contributed by atoms with Crippen molar-refractivity contribution < 1.29 is 0 Å². The van der Waals surface area contributed by atoms with E-state index in [0.29, 0.717) is 22.7 Å². The van der Waals surface area contributed by atoms with E-state index >= 15 is 0 Å². The van der Waals surface area contributed by atoms with E-state index in [1.165, 1.54) is 19.2 Å². The number of nitrogen functional groups attached to an aromatic ring is 1. The summed E-state index contributed by atoms with van der Waals surface area (Å²) < 4.78 is 0. The number of nitrogens with zero attached hydrogens (tertiary/aromatic N) is 4. The molecule has 17 heavy (non-hydrogen) atoms. The van der Waals surface area contributed by atoms with E-state index in [1.807, 2.05) is 11.9 Å². The smallest absolute Gasteiger partial charge is 0.152 e. The topological polar surface area (TPSA) is 58.3 Å². The summed E-state index contributed by atoms with van der Waals surface area (Å²) in [6.07, 6.45) is 3.93. The molecule has 0 bridgehead atoms. The predicted molar refractivity (Wildman–Crippen MR) is 70.4 cm³/mol. The fraction of sp³-hybridized carbons (Fsp3) is 0.636. The van der Waals surface area contributed by atoms with Crippen LogP contribution in [0, 0.1) is 0 Å². The molecule has 1 aliphatic heterocycles. The molecule has 0 spiro atoms. The largest absolute Gasteiger partial charge is 0.382 e. The molecule has 0 radical (unpaired) electrons. The van der Waals surface area contributed by atoms with Crippen molar-refractivity contribution in [3.05, 3.63) is 11.3 Å². The lowest BCUT2D eigenvalue weighted by atomic mass is 10.2. The zero-order valence-electron chi connectivity index (χ0n) is 10.2. The molecule has 1 unspecified atom stereocenters. The quantitative estimate of drug-likeness (QED) is 0.881. The molecule has 5 nitrogen and oxygen atoms in total. The maximum absolute atomic E-state index is 6.10. The molecule has 2 heterocycles. The van der Waals surface area contributed by atoms with E-state index in [-0.39, 0.29) is 0 Å². The van der Waals surface area contributed by atoms with Gasteiger partial charge in [-0.25, -0.2) is 9.97 Å². The number of aromatic nitrogens is 2. The van der Waals surface area contributed by atoms with Gasteiger partial charge in [0.25, 0.3) is 0 Å². The van der Waals surface area contributed by atoms with Crippen LogP contribution < -0.4 is 10.6 Å². The molecule has 2 N–H and O–H groups in total. The third-order valence-corrected chi connectivity index (χ3v) is 3.68. The van der Waals surface area contributed by atoms with Crippen LogP contribution in [0.2, 0.25) is 5.02 Å². The number of anilines is 2. The van der Waals surface area contributed by atoms with Gasteiger partial charge in [0.1, 0.15) is 17.2 Å². The van der Waals surface area contributed by atoms with E-state index in [0.717, 1.165) is 13.1 Å². The van der Waals surface area contributed by atoms with Gasteiger partial charge < -0.3 is 15.5 Å². The third kappa shape index (κ3) is 2.61. The van der Waals surface area contributed by atoms with Crippen LogP contribution in [0.1, 0.15) is 12.8 Å². The lowest BCUT2D eigenvalue weighted by molar-refractivity contribution is 0.314. The van der Waals surface area contributed by atoms with E-state index in [2.05, 4.69) is 21.9 Å². The van der Waals surface area contributed by atoms with Crippen LogP contribution in [-0.2, 0) is 0 Å². The molecule has 1 atom stereocenters. The molecule has 1 saturated heterocycles. The van der Waals surface area contributed by atoms with Crippen LogP contribution in [0.15, 0.2) is 6.33 Å². The van der Waals surface area contributed by atoms with Crippen molar-refractivity contribution in [1.82, 2.24) is 14.9 Å². The Morgan fingerprint density at radius 2 is 2.35 bits per heavy atom. The Labute approximate surface area is 107 Å². The van der Waals surface area contributed by atoms with Crippen LogP contribution in [0.4, 0.5) is 11.6 Å². The summed E-state index contributed by atoms with van der Waals surface area (Å²) in [5.74, 6) is 1.04. The molecule has 6 heteroatoms. The minimum absolute atomic E-state index is 0.336. The van der Waals surface area contributed by atoms with Gasteiger partial charge in [0.15, 0.2) is 5.82 Å². The van der Waals surface area contributed by atoms with Crippen LogP contribution in [0.25, 0.3) is 0 Å². The number of likely N-dealkylation sites (N-methyl/N-ethyl adjacent to an activating group) is 2. The first-order valence-corrected chi connectivity index (χ1v) is 6.14. The van der Waals surface area contributed by atoms with Crippen LogP contribution in [-0.4, -0.2) is 48.1 Å². The monoisotopic (exact) mass is 255 g/mol. The first kappa shape index (κ1) is 12.4. The summed E-state index contributed by atoms with van der Waals surface area (Å²) >= 11 is 6.10.